The van der Waals surface area contributed by atoms with Crippen LogP contribution in [-0.2, 0) is 4.79 Å². The number of hydrogen-bond donors (Lipinski definition) is 1. The predicted molar refractivity (Wildman–Crippen MR) is 66.2 cm³/mol. The maximum atomic E-state index is 10.3. The largest absolute Gasteiger partial charge is 0.481 e. The zero-order valence-electron chi connectivity index (χ0n) is 8.12. The maximum absolute atomic E-state index is 10.3. The zero-order chi connectivity index (χ0) is 11.4. The van der Waals surface area contributed by atoms with Crippen LogP contribution in [0.2, 0.25) is 0 Å². The molecule has 2 aromatic heterocycles. The molecule has 2 rings (SSSR count). The van der Waals surface area contributed by atoms with Crippen molar-refractivity contribution < 1.29 is 9.90 Å². The van der Waals surface area contributed by atoms with Crippen LogP contribution in [0.15, 0.2) is 21.9 Å². The number of thiophene rings is 1. The Labute approximate surface area is 104 Å². The number of thioether (sulfide) groups is 1. The lowest BCUT2D eigenvalue weighted by Gasteiger charge is -1.91. The first-order chi connectivity index (χ1) is 7.75. The second-order valence-electron chi connectivity index (χ2n) is 2.84. The molecular weight excluding hydrogens is 264 g/mol. The van der Waals surface area contributed by atoms with Crippen molar-refractivity contribution in [2.24, 2.45) is 0 Å². The third-order valence-electron chi connectivity index (χ3n) is 1.68. The molecule has 0 aliphatic heterocycles. The van der Waals surface area contributed by atoms with Crippen LogP contribution in [0, 0.1) is 0 Å². The Morgan fingerprint density at radius 2 is 2.38 bits per heavy atom. The van der Waals surface area contributed by atoms with Gasteiger partial charge in [0.1, 0.15) is 0 Å². The van der Waals surface area contributed by atoms with E-state index in [0.29, 0.717) is 5.75 Å². The Hall–Kier alpha value is -0.920. The fraction of sp³-hybridized carbons (Fsp3) is 0.222. The highest BCUT2D eigenvalue weighted by atomic mass is 32.2. The van der Waals surface area contributed by atoms with Gasteiger partial charge in [-0.2, -0.15) is 0 Å². The number of nitrogens with zero attached hydrogens (tertiary/aromatic N) is 2. The molecule has 0 radical (unpaired) electrons. The second-order valence-corrected chi connectivity index (χ2v) is 6.11. The van der Waals surface area contributed by atoms with E-state index in [9.17, 15) is 4.79 Å². The van der Waals surface area contributed by atoms with E-state index in [2.05, 4.69) is 10.2 Å². The Kier molecular flexibility index (Phi) is 3.92. The van der Waals surface area contributed by atoms with Gasteiger partial charge in [0.05, 0.1) is 11.3 Å². The zero-order valence-corrected chi connectivity index (χ0v) is 10.6. The van der Waals surface area contributed by atoms with Crippen LogP contribution in [0.25, 0.3) is 9.88 Å². The van der Waals surface area contributed by atoms with Crippen molar-refractivity contribution >= 4 is 40.4 Å². The highest BCUT2D eigenvalue weighted by Crippen LogP contribution is 2.31. The van der Waals surface area contributed by atoms with Crippen molar-refractivity contribution in [3.63, 3.8) is 0 Å². The van der Waals surface area contributed by atoms with Crippen molar-refractivity contribution in [1.29, 1.82) is 0 Å². The lowest BCUT2D eigenvalue weighted by Crippen LogP contribution is -1.95. The lowest BCUT2D eigenvalue weighted by molar-refractivity contribution is -0.136. The van der Waals surface area contributed by atoms with Gasteiger partial charge in [-0.3, -0.25) is 4.79 Å². The average Bonchev–Trinajstić information content (AvgIpc) is 2.85. The van der Waals surface area contributed by atoms with E-state index in [-0.39, 0.29) is 6.42 Å². The molecular formula is C9H8N2O2S3. The molecule has 0 atom stereocenters. The van der Waals surface area contributed by atoms with Gasteiger partial charge >= 0.3 is 5.97 Å². The quantitative estimate of drug-likeness (QED) is 0.848. The summed E-state index contributed by atoms with van der Waals surface area (Å²) in [6, 6.07) is 3.97. The first-order valence-electron chi connectivity index (χ1n) is 4.47. The molecule has 0 saturated heterocycles. The Morgan fingerprint density at radius 3 is 3.06 bits per heavy atom. The van der Waals surface area contributed by atoms with E-state index >= 15 is 0 Å². The smallest absolute Gasteiger partial charge is 0.304 e. The molecule has 1 N–H and O–H groups in total. The van der Waals surface area contributed by atoms with Crippen LogP contribution in [0.1, 0.15) is 6.42 Å². The van der Waals surface area contributed by atoms with Gasteiger partial charge in [0.15, 0.2) is 9.35 Å². The molecule has 0 bridgehead atoms. The number of carboxylic acids is 1. The summed E-state index contributed by atoms with van der Waals surface area (Å²) in [7, 11) is 0. The highest BCUT2D eigenvalue weighted by Gasteiger charge is 2.08. The Morgan fingerprint density at radius 1 is 1.50 bits per heavy atom. The number of rotatable bonds is 5. The van der Waals surface area contributed by atoms with Gasteiger partial charge in [-0.1, -0.05) is 29.2 Å². The van der Waals surface area contributed by atoms with E-state index in [1.807, 2.05) is 17.5 Å². The van der Waals surface area contributed by atoms with Gasteiger partial charge in [0, 0.05) is 5.75 Å². The monoisotopic (exact) mass is 272 g/mol. The fourth-order valence-corrected chi connectivity index (χ4v) is 3.64. The number of carboxylic acid groups (broad SMARTS) is 1. The molecule has 2 aromatic rings. The number of aromatic nitrogens is 2. The SMILES string of the molecule is O=C(O)CCSc1nnc(-c2cccs2)s1. The summed E-state index contributed by atoms with van der Waals surface area (Å²) < 4.78 is 0.824. The standard InChI is InChI=1S/C9H8N2O2S3/c12-7(13)3-5-15-9-11-10-8(16-9)6-2-1-4-14-6/h1-2,4H,3,5H2,(H,12,13). The van der Waals surface area contributed by atoms with Crippen molar-refractivity contribution in [2.45, 2.75) is 10.8 Å². The van der Waals surface area contributed by atoms with Crippen molar-refractivity contribution in [3.8, 4) is 9.88 Å². The topological polar surface area (TPSA) is 63.1 Å². The molecule has 0 aromatic carbocycles. The minimum atomic E-state index is -0.782. The van der Waals surface area contributed by atoms with E-state index in [4.69, 9.17) is 5.11 Å². The summed E-state index contributed by atoms with van der Waals surface area (Å²) in [6.07, 6.45) is 0.151. The van der Waals surface area contributed by atoms with Gasteiger partial charge in [-0.25, -0.2) is 0 Å². The molecule has 0 aliphatic rings. The lowest BCUT2D eigenvalue weighted by atomic mass is 10.5. The molecule has 16 heavy (non-hydrogen) atoms. The van der Waals surface area contributed by atoms with E-state index in [1.54, 1.807) is 11.3 Å². The minimum Gasteiger partial charge on any atom is -0.481 e. The van der Waals surface area contributed by atoms with Crippen LogP contribution in [-0.4, -0.2) is 27.0 Å². The predicted octanol–water partition coefficient (Wildman–Crippen LogP) is 2.83. The third-order valence-corrected chi connectivity index (χ3v) is 4.78. The molecule has 0 fully saturated rings. The summed E-state index contributed by atoms with van der Waals surface area (Å²) >= 11 is 4.56. The van der Waals surface area contributed by atoms with Crippen molar-refractivity contribution in [2.75, 3.05) is 5.75 Å². The van der Waals surface area contributed by atoms with Crippen LogP contribution in [0.4, 0.5) is 0 Å². The van der Waals surface area contributed by atoms with Crippen molar-refractivity contribution in [3.05, 3.63) is 17.5 Å². The molecule has 4 nitrogen and oxygen atoms in total. The summed E-state index contributed by atoms with van der Waals surface area (Å²) in [5.74, 6) is -0.246. The molecule has 0 aliphatic carbocycles. The molecule has 2 heterocycles. The molecule has 0 spiro atoms. The maximum Gasteiger partial charge on any atom is 0.304 e. The average molecular weight is 272 g/mol. The number of aliphatic carboxylic acids is 1. The van der Waals surface area contributed by atoms with Crippen molar-refractivity contribution in [1.82, 2.24) is 10.2 Å². The van der Waals surface area contributed by atoms with Gasteiger partial charge in [-0.05, 0) is 11.4 Å². The van der Waals surface area contributed by atoms with Crippen LogP contribution >= 0.6 is 34.4 Å². The third kappa shape index (κ3) is 3.03. The first-order valence-corrected chi connectivity index (χ1v) is 7.16. The van der Waals surface area contributed by atoms with Crippen LogP contribution < -0.4 is 0 Å². The molecule has 84 valence electrons. The first kappa shape index (κ1) is 11.6. The molecule has 0 saturated carbocycles. The van der Waals surface area contributed by atoms with Crippen LogP contribution in [0.5, 0.6) is 0 Å². The summed E-state index contributed by atoms with van der Waals surface area (Å²) in [5, 5.41) is 19.5. The minimum absolute atomic E-state index is 0.151. The highest BCUT2D eigenvalue weighted by molar-refractivity contribution is 8.01. The fourth-order valence-electron chi connectivity index (χ4n) is 0.994. The van der Waals surface area contributed by atoms with Gasteiger partial charge in [-0.15, -0.1) is 21.5 Å². The van der Waals surface area contributed by atoms with E-state index in [1.165, 1.54) is 23.1 Å². The van der Waals surface area contributed by atoms with Crippen LogP contribution in [0.3, 0.4) is 0 Å². The van der Waals surface area contributed by atoms with Gasteiger partial charge in [0.25, 0.3) is 0 Å². The molecule has 0 unspecified atom stereocenters. The van der Waals surface area contributed by atoms with E-state index in [0.717, 1.165) is 14.2 Å². The normalized spacial score (nSPS) is 10.5. The summed E-state index contributed by atoms with van der Waals surface area (Å²) in [4.78, 5) is 11.4. The Bertz CT molecular complexity index is 467. The summed E-state index contributed by atoms with van der Waals surface area (Å²) in [6.45, 7) is 0. The van der Waals surface area contributed by atoms with Gasteiger partial charge in [0.2, 0.25) is 0 Å². The molecule has 0 amide bonds. The van der Waals surface area contributed by atoms with Gasteiger partial charge < -0.3 is 5.11 Å². The summed E-state index contributed by atoms with van der Waals surface area (Å²) in [5.41, 5.74) is 0. The Balaban J connectivity index is 1.95. The number of carbonyl (C=O) groups is 1. The van der Waals surface area contributed by atoms with E-state index < -0.39 is 5.97 Å². The second kappa shape index (κ2) is 5.42. The molecule has 7 heteroatoms. The number of hydrogen-bond acceptors (Lipinski definition) is 6.